The van der Waals surface area contributed by atoms with Crippen LogP contribution in [0.5, 0.6) is 0 Å². The SMILES string of the molecule is CNCc1nc(C(=O)NC(C)C(C)C)co1. The summed E-state index contributed by atoms with van der Waals surface area (Å²) in [6.45, 7) is 6.60. The summed E-state index contributed by atoms with van der Waals surface area (Å²) in [6.07, 6.45) is 1.38. The Kier molecular flexibility index (Phi) is 4.49. The third kappa shape index (κ3) is 3.34. The Hall–Kier alpha value is -1.36. The summed E-state index contributed by atoms with van der Waals surface area (Å²) >= 11 is 0. The predicted octanol–water partition coefficient (Wildman–Crippen LogP) is 1.17. The van der Waals surface area contributed by atoms with Gasteiger partial charge in [-0.15, -0.1) is 0 Å². The molecule has 5 nitrogen and oxygen atoms in total. The van der Waals surface area contributed by atoms with Gasteiger partial charge in [-0.1, -0.05) is 13.8 Å². The van der Waals surface area contributed by atoms with E-state index in [2.05, 4.69) is 29.5 Å². The van der Waals surface area contributed by atoms with Crippen molar-refractivity contribution in [1.29, 1.82) is 0 Å². The highest BCUT2D eigenvalue weighted by Gasteiger charge is 2.15. The topological polar surface area (TPSA) is 67.2 Å². The fourth-order valence-corrected chi connectivity index (χ4v) is 1.09. The van der Waals surface area contributed by atoms with Crippen molar-refractivity contribution in [3.8, 4) is 0 Å². The third-order valence-corrected chi connectivity index (χ3v) is 2.47. The van der Waals surface area contributed by atoms with Gasteiger partial charge >= 0.3 is 0 Å². The minimum absolute atomic E-state index is 0.122. The number of nitrogens with zero attached hydrogens (tertiary/aromatic N) is 1. The van der Waals surface area contributed by atoms with E-state index >= 15 is 0 Å². The molecule has 1 heterocycles. The van der Waals surface area contributed by atoms with Crippen LogP contribution in [0.25, 0.3) is 0 Å². The lowest BCUT2D eigenvalue weighted by Crippen LogP contribution is -2.36. The molecule has 0 saturated heterocycles. The highest BCUT2D eigenvalue weighted by molar-refractivity contribution is 5.92. The number of nitrogens with one attached hydrogen (secondary N) is 2. The molecule has 2 N–H and O–H groups in total. The maximum Gasteiger partial charge on any atom is 0.273 e. The molecular formula is C11H19N3O2. The molecule has 0 saturated carbocycles. The first-order valence-electron chi connectivity index (χ1n) is 5.44. The molecule has 1 aromatic rings. The molecule has 0 aromatic carbocycles. The van der Waals surface area contributed by atoms with E-state index in [9.17, 15) is 4.79 Å². The quantitative estimate of drug-likeness (QED) is 0.789. The molecule has 1 aromatic heterocycles. The Bertz CT molecular complexity index is 347. The lowest BCUT2D eigenvalue weighted by Gasteiger charge is -2.16. The van der Waals surface area contributed by atoms with Gasteiger partial charge in [0.15, 0.2) is 5.69 Å². The van der Waals surface area contributed by atoms with Crippen molar-refractivity contribution in [2.24, 2.45) is 5.92 Å². The van der Waals surface area contributed by atoms with E-state index in [0.717, 1.165) is 0 Å². The second kappa shape index (κ2) is 5.65. The minimum Gasteiger partial charge on any atom is -0.447 e. The smallest absolute Gasteiger partial charge is 0.273 e. The van der Waals surface area contributed by atoms with Crippen LogP contribution in [0.3, 0.4) is 0 Å². The summed E-state index contributed by atoms with van der Waals surface area (Å²) in [5.41, 5.74) is 0.331. The Morgan fingerprint density at radius 2 is 2.19 bits per heavy atom. The summed E-state index contributed by atoms with van der Waals surface area (Å²) in [7, 11) is 1.80. The number of carbonyl (C=O) groups is 1. The van der Waals surface area contributed by atoms with Gasteiger partial charge in [0, 0.05) is 6.04 Å². The van der Waals surface area contributed by atoms with Crippen LogP contribution < -0.4 is 10.6 Å². The molecular weight excluding hydrogens is 206 g/mol. The summed E-state index contributed by atoms with van der Waals surface area (Å²) in [4.78, 5) is 15.8. The molecule has 0 radical (unpaired) electrons. The minimum atomic E-state index is -0.188. The largest absolute Gasteiger partial charge is 0.447 e. The van der Waals surface area contributed by atoms with Crippen molar-refractivity contribution in [2.75, 3.05) is 7.05 Å². The highest BCUT2D eigenvalue weighted by Crippen LogP contribution is 2.04. The molecule has 0 aliphatic rings. The van der Waals surface area contributed by atoms with Crippen LogP contribution in [0, 0.1) is 5.92 Å². The molecule has 0 spiro atoms. The van der Waals surface area contributed by atoms with E-state index in [1.807, 2.05) is 6.92 Å². The van der Waals surface area contributed by atoms with Crippen LogP contribution in [0.1, 0.15) is 37.2 Å². The molecule has 1 amide bonds. The first-order chi connectivity index (χ1) is 7.54. The van der Waals surface area contributed by atoms with Gasteiger partial charge in [0.25, 0.3) is 5.91 Å². The monoisotopic (exact) mass is 225 g/mol. The Balaban J connectivity index is 2.59. The summed E-state index contributed by atoms with van der Waals surface area (Å²) < 4.78 is 5.13. The van der Waals surface area contributed by atoms with Crippen molar-refractivity contribution in [3.05, 3.63) is 17.8 Å². The zero-order chi connectivity index (χ0) is 12.1. The predicted molar refractivity (Wildman–Crippen MR) is 61.0 cm³/mol. The van der Waals surface area contributed by atoms with Crippen LogP contribution in [0.15, 0.2) is 10.7 Å². The molecule has 90 valence electrons. The molecule has 0 aliphatic carbocycles. The van der Waals surface area contributed by atoms with E-state index in [1.54, 1.807) is 7.05 Å². The van der Waals surface area contributed by atoms with Gasteiger partial charge in [0.1, 0.15) is 6.26 Å². The van der Waals surface area contributed by atoms with Crippen molar-refractivity contribution < 1.29 is 9.21 Å². The molecule has 1 rings (SSSR count). The van der Waals surface area contributed by atoms with Gasteiger partial charge in [0.05, 0.1) is 6.54 Å². The van der Waals surface area contributed by atoms with Gasteiger partial charge in [-0.2, -0.15) is 0 Å². The van der Waals surface area contributed by atoms with Crippen molar-refractivity contribution >= 4 is 5.91 Å². The average molecular weight is 225 g/mol. The zero-order valence-electron chi connectivity index (χ0n) is 10.2. The summed E-state index contributed by atoms with van der Waals surface area (Å²) in [5, 5.41) is 5.78. The van der Waals surface area contributed by atoms with Crippen LogP contribution in [0.2, 0.25) is 0 Å². The number of hydrogen-bond acceptors (Lipinski definition) is 4. The zero-order valence-corrected chi connectivity index (χ0v) is 10.2. The lowest BCUT2D eigenvalue weighted by atomic mass is 10.1. The van der Waals surface area contributed by atoms with Crippen molar-refractivity contribution in [2.45, 2.75) is 33.4 Å². The van der Waals surface area contributed by atoms with Crippen molar-refractivity contribution in [1.82, 2.24) is 15.6 Å². The molecule has 16 heavy (non-hydrogen) atoms. The van der Waals surface area contributed by atoms with E-state index < -0.39 is 0 Å². The Morgan fingerprint density at radius 1 is 1.50 bits per heavy atom. The van der Waals surface area contributed by atoms with Crippen LogP contribution in [0.4, 0.5) is 0 Å². The van der Waals surface area contributed by atoms with Gasteiger partial charge in [-0.05, 0) is 19.9 Å². The van der Waals surface area contributed by atoms with Gasteiger partial charge in [0.2, 0.25) is 5.89 Å². The van der Waals surface area contributed by atoms with Crippen LogP contribution in [-0.2, 0) is 6.54 Å². The molecule has 0 fully saturated rings. The molecule has 5 heteroatoms. The maximum atomic E-state index is 11.7. The van der Waals surface area contributed by atoms with Gasteiger partial charge < -0.3 is 15.1 Å². The third-order valence-electron chi connectivity index (χ3n) is 2.47. The summed E-state index contributed by atoms with van der Waals surface area (Å²) in [6, 6.07) is 0.122. The van der Waals surface area contributed by atoms with Crippen LogP contribution >= 0.6 is 0 Å². The standard InChI is InChI=1S/C11H19N3O2/c1-7(2)8(3)13-11(15)9-6-16-10(14-9)5-12-4/h6-8,12H,5H2,1-4H3,(H,13,15). The molecule has 1 unspecified atom stereocenters. The van der Waals surface area contributed by atoms with E-state index in [0.29, 0.717) is 24.0 Å². The van der Waals surface area contributed by atoms with Gasteiger partial charge in [-0.3, -0.25) is 4.79 Å². The first-order valence-corrected chi connectivity index (χ1v) is 5.44. The van der Waals surface area contributed by atoms with Gasteiger partial charge in [-0.25, -0.2) is 4.98 Å². The lowest BCUT2D eigenvalue weighted by molar-refractivity contribution is 0.0925. The van der Waals surface area contributed by atoms with E-state index in [4.69, 9.17) is 4.42 Å². The second-order valence-electron chi connectivity index (χ2n) is 4.16. The number of amides is 1. The Morgan fingerprint density at radius 3 is 2.75 bits per heavy atom. The maximum absolute atomic E-state index is 11.7. The Labute approximate surface area is 95.6 Å². The number of hydrogen-bond donors (Lipinski definition) is 2. The van der Waals surface area contributed by atoms with Crippen LogP contribution in [-0.4, -0.2) is 24.0 Å². The second-order valence-corrected chi connectivity index (χ2v) is 4.16. The number of aromatic nitrogens is 1. The van der Waals surface area contributed by atoms with Crippen molar-refractivity contribution in [3.63, 3.8) is 0 Å². The normalized spacial score (nSPS) is 12.8. The van der Waals surface area contributed by atoms with E-state index in [-0.39, 0.29) is 11.9 Å². The summed E-state index contributed by atoms with van der Waals surface area (Å²) in [5.74, 6) is 0.727. The fraction of sp³-hybridized carbons (Fsp3) is 0.636. The average Bonchev–Trinajstić information content (AvgIpc) is 2.66. The number of rotatable bonds is 5. The fourth-order valence-electron chi connectivity index (χ4n) is 1.09. The highest BCUT2D eigenvalue weighted by atomic mass is 16.3. The molecule has 0 aliphatic heterocycles. The first kappa shape index (κ1) is 12.7. The number of oxazole rings is 1. The molecule has 1 atom stereocenters. The number of carbonyl (C=O) groups excluding carboxylic acids is 1. The van der Waals surface area contributed by atoms with E-state index in [1.165, 1.54) is 6.26 Å². The molecule has 0 bridgehead atoms.